The summed E-state index contributed by atoms with van der Waals surface area (Å²) in [4.78, 5) is 43.4. The largest absolute Gasteiger partial charge is 0.343 e. The van der Waals surface area contributed by atoms with Crippen LogP contribution in [0.4, 0.5) is 5.69 Å². The molecule has 2 N–H and O–H groups in total. The minimum Gasteiger partial charge on any atom is -0.343 e. The number of carbonyl (C=O) groups is 3. The van der Waals surface area contributed by atoms with E-state index in [1.807, 2.05) is 4.90 Å². The summed E-state index contributed by atoms with van der Waals surface area (Å²) in [5, 5.41) is 5.31. The van der Waals surface area contributed by atoms with E-state index in [1.54, 1.807) is 36.5 Å². The highest BCUT2D eigenvalue weighted by Gasteiger charge is 2.27. The first-order valence-corrected chi connectivity index (χ1v) is 10.7. The summed E-state index contributed by atoms with van der Waals surface area (Å²) in [5.74, 6) is -0.0359. The zero-order valence-electron chi connectivity index (χ0n) is 17.0. The van der Waals surface area contributed by atoms with Gasteiger partial charge in [-0.2, -0.15) is 0 Å². The summed E-state index contributed by atoms with van der Waals surface area (Å²) in [6, 6.07) is 8.44. The van der Waals surface area contributed by atoms with Crippen molar-refractivity contribution in [1.29, 1.82) is 0 Å². The number of rotatable bonds is 5. The molecular weight excluding hydrogens is 448 g/mol. The number of pyridine rings is 1. The first-order chi connectivity index (χ1) is 14.3. The fourth-order valence-electron chi connectivity index (χ4n) is 3.76. The summed E-state index contributed by atoms with van der Waals surface area (Å²) < 4.78 is 0.756. The lowest BCUT2D eigenvalue weighted by atomic mass is 9.91. The number of anilines is 1. The molecule has 1 aromatic carbocycles. The molecule has 3 amide bonds. The topological polar surface area (TPSA) is 91.4 Å². The van der Waals surface area contributed by atoms with E-state index in [1.165, 1.54) is 6.20 Å². The van der Waals surface area contributed by atoms with Crippen LogP contribution in [-0.2, 0) is 4.79 Å². The van der Waals surface area contributed by atoms with Crippen LogP contribution in [0.5, 0.6) is 0 Å². The fraction of sp³-hybridized carbons (Fsp3) is 0.364. The normalized spacial score (nSPS) is 18.6. The van der Waals surface area contributed by atoms with Gasteiger partial charge in [-0.05, 0) is 48.6 Å². The second-order valence-electron chi connectivity index (χ2n) is 7.82. The number of likely N-dealkylation sites (tertiary alicyclic amines) is 1. The smallest absolute Gasteiger partial charge is 0.256 e. The second kappa shape index (κ2) is 9.84. The Balaban J connectivity index is 1.68. The van der Waals surface area contributed by atoms with E-state index >= 15 is 0 Å². The average Bonchev–Trinajstić information content (AvgIpc) is 2.72. The quantitative estimate of drug-likeness (QED) is 0.697. The SMILES string of the molecule is C[C@@H]1C[C@H](C)CN(C(=O)c2cc(Br)ccc2NC(=O)CNC(=O)c2cccnc2)C1. The Kier molecular flexibility index (Phi) is 7.20. The van der Waals surface area contributed by atoms with Gasteiger partial charge in [0.1, 0.15) is 0 Å². The molecular formula is C22H25BrN4O3. The molecule has 1 saturated heterocycles. The van der Waals surface area contributed by atoms with Gasteiger partial charge in [-0.3, -0.25) is 19.4 Å². The number of halogens is 1. The van der Waals surface area contributed by atoms with Crippen molar-refractivity contribution in [3.05, 3.63) is 58.3 Å². The Morgan fingerprint density at radius 2 is 1.90 bits per heavy atom. The van der Waals surface area contributed by atoms with Gasteiger partial charge in [-0.1, -0.05) is 29.8 Å². The van der Waals surface area contributed by atoms with E-state index in [0.29, 0.717) is 41.7 Å². The second-order valence-corrected chi connectivity index (χ2v) is 8.73. The number of aromatic nitrogens is 1. The van der Waals surface area contributed by atoms with Gasteiger partial charge in [0.25, 0.3) is 11.8 Å². The maximum Gasteiger partial charge on any atom is 0.256 e. The Morgan fingerprint density at radius 1 is 1.17 bits per heavy atom. The van der Waals surface area contributed by atoms with Crippen molar-refractivity contribution >= 4 is 39.3 Å². The Bertz CT molecular complexity index is 925. The molecule has 1 aliphatic rings. The van der Waals surface area contributed by atoms with Crippen LogP contribution in [0.25, 0.3) is 0 Å². The highest BCUT2D eigenvalue weighted by atomic mass is 79.9. The van der Waals surface area contributed by atoms with Gasteiger partial charge < -0.3 is 15.5 Å². The third kappa shape index (κ3) is 5.66. The van der Waals surface area contributed by atoms with Crippen LogP contribution in [0.15, 0.2) is 47.2 Å². The van der Waals surface area contributed by atoms with Crippen molar-refractivity contribution < 1.29 is 14.4 Å². The number of benzene rings is 1. The number of carbonyl (C=O) groups excluding carboxylic acids is 3. The molecule has 2 heterocycles. The monoisotopic (exact) mass is 472 g/mol. The van der Waals surface area contributed by atoms with Gasteiger partial charge in [0.2, 0.25) is 5.91 Å². The molecule has 7 nitrogen and oxygen atoms in total. The molecule has 2 aromatic rings. The summed E-state index contributed by atoms with van der Waals surface area (Å²) in [6.45, 7) is 5.47. The highest BCUT2D eigenvalue weighted by molar-refractivity contribution is 9.10. The molecule has 1 aliphatic heterocycles. The Hall–Kier alpha value is -2.74. The van der Waals surface area contributed by atoms with Gasteiger partial charge in [-0.25, -0.2) is 0 Å². The number of nitrogens with zero attached hydrogens (tertiary/aromatic N) is 2. The molecule has 0 bridgehead atoms. The lowest BCUT2D eigenvalue weighted by Crippen LogP contribution is -2.43. The summed E-state index contributed by atoms with van der Waals surface area (Å²) >= 11 is 3.41. The van der Waals surface area contributed by atoms with E-state index < -0.39 is 5.91 Å². The van der Waals surface area contributed by atoms with Crippen molar-refractivity contribution in [2.75, 3.05) is 25.0 Å². The van der Waals surface area contributed by atoms with Crippen LogP contribution in [0.3, 0.4) is 0 Å². The van der Waals surface area contributed by atoms with Gasteiger partial charge in [0, 0.05) is 30.0 Å². The zero-order valence-corrected chi connectivity index (χ0v) is 18.6. The summed E-state index contributed by atoms with van der Waals surface area (Å²) in [7, 11) is 0. The Labute approximate surface area is 184 Å². The number of amides is 3. The lowest BCUT2D eigenvalue weighted by Gasteiger charge is -2.35. The lowest BCUT2D eigenvalue weighted by molar-refractivity contribution is -0.115. The molecule has 0 aliphatic carbocycles. The van der Waals surface area contributed by atoms with Crippen molar-refractivity contribution in [3.63, 3.8) is 0 Å². The third-order valence-electron chi connectivity index (χ3n) is 4.98. The molecule has 0 radical (unpaired) electrons. The van der Waals surface area contributed by atoms with Crippen molar-refractivity contribution in [2.24, 2.45) is 11.8 Å². The fourth-order valence-corrected chi connectivity index (χ4v) is 4.12. The molecule has 2 atom stereocenters. The Morgan fingerprint density at radius 3 is 2.57 bits per heavy atom. The van der Waals surface area contributed by atoms with E-state index in [0.717, 1.165) is 10.9 Å². The molecule has 3 rings (SSSR count). The van der Waals surface area contributed by atoms with Crippen molar-refractivity contribution in [2.45, 2.75) is 20.3 Å². The maximum absolute atomic E-state index is 13.2. The van der Waals surface area contributed by atoms with E-state index in [2.05, 4.69) is 45.4 Å². The molecule has 158 valence electrons. The van der Waals surface area contributed by atoms with Crippen LogP contribution in [0.2, 0.25) is 0 Å². The van der Waals surface area contributed by atoms with Crippen LogP contribution in [-0.4, -0.2) is 47.2 Å². The molecule has 0 spiro atoms. The van der Waals surface area contributed by atoms with Gasteiger partial charge in [0.05, 0.1) is 23.4 Å². The summed E-state index contributed by atoms with van der Waals surface area (Å²) in [5.41, 5.74) is 1.23. The van der Waals surface area contributed by atoms with Crippen LogP contribution < -0.4 is 10.6 Å². The minimum atomic E-state index is -0.413. The summed E-state index contributed by atoms with van der Waals surface area (Å²) in [6.07, 6.45) is 4.10. The van der Waals surface area contributed by atoms with E-state index in [4.69, 9.17) is 0 Å². The molecule has 0 unspecified atom stereocenters. The third-order valence-corrected chi connectivity index (χ3v) is 5.47. The van der Waals surface area contributed by atoms with Crippen molar-refractivity contribution in [1.82, 2.24) is 15.2 Å². The average molecular weight is 473 g/mol. The molecule has 1 fully saturated rings. The number of nitrogens with one attached hydrogen (secondary N) is 2. The predicted molar refractivity (Wildman–Crippen MR) is 118 cm³/mol. The van der Waals surface area contributed by atoms with Gasteiger partial charge in [-0.15, -0.1) is 0 Å². The van der Waals surface area contributed by atoms with Crippen LogP contribution in [0.1, 0.15) is 41.0 Å². The maximum atomic E-state index is 13.2. The van der Waals surface area contributed by atoms with E-state index in [-0.39, 0.29) is 18.4 Å². The molecule has 1 aromatic heterocycles. The first kappa shape index (κ1) is 22.0. The number of piperidine rings is 1. The van der Waals surface area contributed by atoms with Crippen LogP contribution in [0, 0.1) is 11.8 Å². The van der Waals surface area contributed by atoms with Gasteiger partial charge >= 0.3 is 0 Å². The van der Waals surface area contributed by atoms with Crippen molar-refractivity contribution in [3.8, 4) is 0 Å². The first-order valence-electron chi connectivity index (χ1n) is 9.90. The van der Waals surface area contributed by atoms with Crippen LogP contribution >= 0.6 is 15.9 Å². The highest BCUT2D eigenvalue weighted by Crippen LogP contribution is 2.27. The molecule has 8 heteroatoms. The van der Waals surface area contributed by atoms with Gasteiger partial charge in [0.15, 0.2) is 0 Å². The number of hydrogen-bond acceptors (Lipinski definition) is 4. The van der Waals surface area contributed by atoms with E-state index in [9.17, 15) is 14.4 Å². The standard InChI is InChI=1S/C22H25BrN4O3/c1-14-8-15(2)13-27(12-14)22(30)18-9-17(23)5-6-19(18)26-20(28)11-25-21(29)16-4-3-7-24-10-16/h3-7,9-10,14-15H,8,11-13H2,1-2H3,(H,25,29)(H,26,28)/t14-,15+. The molecule has 30 heavy (non-hydrogen) atoms. The molecule has 0 saturated carbocycles. The zero-order chi connectivity index (χ0) is 21.7. The number of hydrogen-bond donors (Lipinski definition) is 2. The predicted octanol–water partition coefficient (Wildman–Crippen LogP) is 3.33. The minimum absolute atomic E-state index is 0.107.